The van der Waals surface area contributed by atoms with Crippen LogP contribution in [0.1, 0.15) is 71.4 Å². The SMILES string of the molecule is C=CCOCN(C(=O)C(CCCc1ccc(C)cc1)C(C)(C)C)c1cccc(NC(=O)C(C)CCC)c1. The van der Waals surface area contributed by atoms with E-state index in [-0.39, 0.29) is 35.8 Å². The summed E-state index contributed by atoms with van der Waals surface area (Å²) in [5.74, 6) is -0.235. The summed E-state index contributed by atoms with van der Waals surface area (Å²) in [6.45, 7) is 16.7. The second-order valence-corrected chi connectivity index (χ2v) is 11.1. The van der Waals surface area contributed by atoms with Gasteiger partial charge in [0, 0.05) is 23.2 Å². The Bertz CT molecular complexity index is 1010. The Morgan fingerprint density at radius 1 is 1.11 bits per heavy atom. The molecule has 1 N–H and O–H groups in total. The predicted molar refractivity (Wildman–Crippen MR) is 155 cm³/mol. The molecule has 5 nitrogen and oxygen atoms in total. The Labute approximate surface area is 224 Å². The second-order valence-electron chi connectivity index (χ2n) is 11.1. The molecule has 37 heavy (non-hydrogen) atoms. The monoisotopic (exact) mass is 506 g/mol. The van der Waals surface area contributed by atoms with Crippen molar-refractivity contribution in [3.63, 3.8) is 0 Å². The summed E-state index contributed by atoms with van der Waals surface area (Å²) < 4.78 is 5.76. The lowest BCUT2D eigenvalue weighted by Gasteiger charge is -2.34. The topological polar surface area (TPSA) is 58.6 Å². The predicted octanol–water partition coefficient (Wildman–Crippen LogP) is 7.55. The number of benzene rings is 2. The number of hydrogen-bond acceptors (Lipinski definition) is 3. The molecule has 0 aromatic heterocycles. The van der Waals surface area contributed by atoms with Crippen molar-refractivity contribution in [3.8, 4) is 0 Å². The van der Waals surface area contributed by atoms with Crippen LogP contribution < -0.4 is 10.2 Å². The third kappa shape index (κ3) is 9.81. The minimum atomic E-state index is -0.220. The number of aryl methyl sites for hydroxylation is 2. The van der Waals surface area contributed by atoms with Crippen LogP contribution in [0.2, 0.25) is 0 Å². The molecule has 2 rings (SSSR count). The number of carbonyl (C=O) groups excluding carboxylic acids is 2. The van der Waals surface area contributed by atoms with Gasteiger partial charge in [-0.05, 0) is 61.8 Å². The molecule has 2 amide bonds. The number of hydrogen-bond donors (Lipinski definition) is 1. The van der Waals surface area contributed by atoms with Crippen LogP contribution in [0.4, 0.5) is 11.4 Å². The number of amides is 2. The van der Waals surface area contributed by atoms with Crippen molar-refractivity contribution in [2.24, 2.45) is 17.3 Å². The summed E-state index contributed by atoms with van der Waals surface area (Å²) in [5.41, 5.74) is 3.71. The first-order chi connectivity index (χ1) is 17.6. The Morgan fingerprint density at radius 3 is 2.43 bits per heavy atom. The fraction of sp³-hybridized carbons (Fsp3) is 0.500. The van der Waals surface area contributed by atoms with Gasteiger partial charge in [0.25, 0.3) is 0 Å². The first-order valence-corrected chi connectivity index (χ1v) is 13.5. The summed E-state index contributed by atoms with van der Waals surface area (Å²) in [4.78, 5) is 28.3. The van der Waals surface area contributed by atoms with Crippen molar-refractivity contribution < 1.29 is 14.3 Å². The summed E-state index contributed by atoms with van der Waals surface area (Å²) in [6.07, 6.45) is 6.10. The van der Waals surface area contributed by atoms with Crippen molar-refractivity contribution in [3.05, 3.63) is 72.3 Å². The van der Waals surface area contributed by atoms with E-state index in [4.69, 9.17) is 4.74 Å². The average molecular weight is 507 g/mol. The lowest BCUT2D eigenvalue weighted by molar-refractivity contribution is -0.127. The van der Waals surface area contributed by atoms with Crippen molar-refractivity contribution in [2.75, 3.05) is 23.6 Å². The maximum atomic E-state index is 14.0. The van der Waals surface area contributed by atoms with Gasteiger partial charge in [0.1, 0.15) is 6.73 Å². The van der Waals surface area contributed by atoms with Crippen LogP contribution in [0.5, 0.6) is 0 Å². The molecule has 5 heteroatoms. The molecular weight excluding hydrogens is 460 g/mol. The largest absolute Gasteiger partial charge is 0.357 e. The van der Waals surface area contributed by atoms with E-state index in [1.54, 1.807) is 11.0 Å². The van der Waals surface area contributed by atoms with E-state index in [1.165, 1.54) is 11.1 Å². The lowest BCUT2D eigenvalue weighted by Crippen LogP contribution is -2.43. The Morgan fingerprint density at radius 2 is 1.81 bits per heavy atom. The Hall–Kier alpha value is -2.92. The fourth-order valence-electron chi connectivity index (χ4n) is 4.45. The van der Waals surface area contributed by atoms with E-state index < -0.39 is 0 Å². The van der Waals surface area contributed by atoms with Crippen molar-refractivity contribution in [2.45, 2.75) is 73.6 Å². The van der Waals surface area contributed by atoms with Gasteiger partial charge in [0.2, 0.25) is 11.8 Å². The maximum absolute atomic E-state index is 14.0. The third-order valence-electron chi connectivity index (χ3n) is 6.74. The zero-order valence-corrected chi connectivity index (χ0v) is 23.7. The van der Waals surface area contributed by atoms with Gasteiger partial charge in [-0.15, -0.1) is 6.58 Å². The van der Waals surface area contributed by atoms with E-state index >= 15 is 0 Å². The molecule has 0 fully saturated rings. The van der Waals surface area contributed by atoms with Crippen molar-refractivity contribution in [1.82, 2.24) is 0 Å². The highest BCUT2D eigenvalue weighted by Gasteiger charge is 2.34. The van der Waals surface area contributed by atoms with Gasteiger partial charge in [0.15, 0.2) is 0 Å². The molecule has 0 heterocycles. The smallest absolute Gasteiger partial charge is 0.232 e. The minimum Gasteiger partial charge on any atom is -0.357 e. The molecule has 0 saturated heterocycles. The number of rotatable bonds is 14. The van der Waals surface area contributed by atoms with Crippen molar-refractivity contribution >= 4 is 23.2 Å². The zero-order valence-electron chi connectivity index (χ0n) is 23.7. The first-order valence-electron chi connectivity index (χ1n) is 13.5. The molecule has 0 aliphatic heterocycles. The number of carbonyl (C=O) groups is 2. The molecule has 0 spiro atoms. The second kappa shape index (κ2) is 14.7. The minimum absolute atomic E-state index is 0.0107. The molecule has 202 valence electrons. The molecule has 0 aliphatic carbocycles. The number of nitrogens with zero attached hydrogens (tertiary/aromatic N) is 1. The van der Waals surface area contributed by atoms with Crippen LogP contribution in [0.3, 0.4) is 0 Å². The van der Waals surface area contributed by atoms with Crippen LogP contribution in [0.15, 0.2) is 61.2 Å². The van der Waals surface area contributed by atoms with Crippen molar-refractivity contribution in [1.29, 1.82) is 0 Å². The van der Waals surface area contributed by atoms with Gasteiger partial charge in [-0.3, -0.25) is 14.5 Å². The maximum Gasteiger partial charge on any atom is 0.232 e. The van der Waals surface area contributed by atoms with E-state index in [0.717, 1.165) is 32.1 Å². The fourth-order valence-corrected chi connectivity index (χ4v) is 4.45. The lowest BCUT2D eigenvalue weighted by atomic mass is 9.76. The Kier molecular flexibility index (Phi) is 12.1. The molecular formula is C32H46N2O3. The molecule has 0 aliphatic rings. The van der Waals surface area contributed by atoms with Crippen LogP contribution in [-0.2, 0) is 20.7 Å². The average Bonchev–Trinajstić information content (AvgIpc) is 2.85. The van der Waals surface area contributed by atoms with Gasteiger partial charge >= 0.3 is 0 Å². The van der Waals surface area contributed by atoms with Crippen LogP contribution in [0.25, 0.3) is 0 Å². The van der Waals surface area contributed by atoms with E-state index in [0.29, 0.717) is 18.0 Å². The van der Waals surface area contributed by atoms with Gasteiger partial charge in [-0.2, -0.15) is 0 Å². The quantitative estimate of drug-likeness (QED) is 0.163. The Balaban J connectivity index is 2.24. The highest BCUT2D eigenvalue weighted by Crippen LogP contribution is 2.34. The normalized spacial score (nSPS) is 13.0. The van der Waals surface area contributed by atoms with Crippen LogP contribution in [0, 0.1) is 24.2 Å². The highest BCUT2D eigenvalue weighted by molar-refractivity contribution is 5.97. The molecule has 2 aromatic carbocycles. The van der Waals surface area contributed by atoms with Gasteiger partial charge in [-0.1, -0.05) is 83.0 Å². The van der Waals surface area contributed by atoms with Crippen LogP contribution in [-0.4, -0.2) is 25.2 Å². The van der Waals surface area contributed by atoms with Gasteiger partial charge < -0.3 is 10.1 Å². The highest BCUT2D eigenvalue weighted by atomic mass is 16.5. The number of nitrogens with one attached hydrogen (secondary N) is 1. The molecule has 2 unspecified atom stereocenters. The molecule has 2 aromatic rings. The number of anilines is 2. The van der Waals surface area contributed by atoms with Gasteiger partial charge in [0.05, 0.1) is 6.61 Å². The van der Waals surface area contributed by atoms with E-state index in [1.807, 2.05) is 31.2 Å². The zero-order chi connectivity index (χ0) is 27.4. The third-order valence-corrected chi connectivity index (χ3v) is 6.74. The van der Waals surface area contributed by atoms with Gasteiger partial charge in [-0.25, -0.2) is 0 Å². The van der Waals surface area contributed by atoms with E-state index in [2.05, 4.69) is 70.8 Å². The molecule has 0 saturated carbocycles. The molecule has 0 radical (unpaired) electrons. The van der Waals surface area contributed by atoms with Crippen LogP contribution >= 0.6 is 0 Å². The standard InChI is InChI=1S/C32H46N2O3/c1-8-12-25(4)30(35)33-27-14-11-15-28(22-27)34(23-37-21-9-2)31(36)29(32(5,6)7)16-10-13-26-19-17-24(3)18-20-26/h9,11,14-15,17-20,22,25,29H,2,8,10,12-13,16,21,23H2,1,3-7H3,(H,33,35). The number of ether oxygens (including phenoxy) is 1. The molecule has 0 bridgehead atoms. The summed E-state index contributed by atoms with van der Waals surface area (Å²) >= 11 is 0. The summed E-state index contributed by atoms with van der Waals surface area (Å²) in [5, 5.41) is 3.01. The van der Waals surface area contributed by atoms with E-state index in [9.17, 15) is 9.59 Å². The first kappa shape index (κ1) is 30.3. The summed E-state index contributed by atoms with van der Waals surface area (Å²) in [6, 6.07) is 16.1. The summed E-state index contributed by atoms with van der Waals surface area (Å²) in [7, 11) is 0. The molecule has 2 atom stereocenters.